The van der Waals surface area contributed by atoms with Gasteiger partial charge in [-0.15, -0.1) is 0 Å². The minimum atomic E-state index is -0.585. The van der Waals surface area contributed by atoms with Gasteiger partial charge in [-0.1, -0.05) is 45.7 Å². The number of phenols is 1. The molecule has 2 N–H and O–H groups in total. The summed E-state index contributed by atoms with van der Waals surface area (Å²) in [7, 11) is 0. The lowest BCUT2D eigenvalue weighted by molar-refractivity contribution is 0.388. The molecule has 166 valence electrons. The van der Waals surface area contributed by atoms with Crippen LogP contribution in [0.3, 0.4) is 0 Å². The Morgan fingerprint density at radius 3 is 2.48 bits per heavy atom. The van der Waals surface area contributed by atoms with E-state index in [-0.39, 0.29) is 34.6 Å². The van der Waals surface area contributed by atoms with Crippen molar-refractivity contribution in [2.75, 3.05) is 0 Å². The van der Waals surface area contributed by atoms with E-state index in [2.05, 4.69) is 20.8 Å². The number of aryl methyl sites for hydroxylation is 1. The highest BCUT2D eigenvalue weighted by atomic mass is 16.4. The normalized spacial score (nSPS) is 20.4. The Morgan fingerprint density at radius 1 is 1.16 bits per heavy atom. The third kappa shape index (κ3) is 5.24. The second-order valence-electron chi connectivity index (χ2n) is 9.31. The lowest BCUT2D eigenvalue weighted by Crippen LogP contribution is -2.28. The van der Waals surface area contributed by atoms with Crippen molar-refractivity contribution in [1.82, 2.24) is 0 Å². The number of phenolic OH excluding ortho intramolecular Hbond substituents is 1. The van der Waals surface area contributed by atoms with Crippen molar-refractivity contribution < 1.29 is 14.6 Å². The predicted molar refractivity (Wildman–Crippen MR) is 124 cm³/mol. The Morgan fingerprint density at radius 2 is 1.84 bits per heavy atom. The van der Waals surface area contributed by atoms with E-state index in [0.717, 1.165) is 31.2 Å². The molecule has 1 heterocycles. The molecule has 3 rings (SSSR count). The van der Waals surface area contributed by atoms with E-state index < -0.39 is 5.63 Å². The average Bonchev–Trinajstić information content (AvgIpc) is 2.66. The maximum atomic E-state index is 12.2. The van der Waals surface area contributed by atoms with E-state index in [0.29, 0.717) is 17.0 Å². The van der Waals surface area contributed by atoms with Crippen LogP contribution in [0, 0.1) is 6.92 Å². The molecule has 2 aromatic rings. The van der Waals surface area contributed by atoms with Crippen LogP contribution in [0.2, 0.25) is 0 Å². The van der Waals surface area contributed by atoms with E-state index >= 15 is 0 Å². The van der Waals surface area contributed by atoms with Crippen LogP contribution in [-0.2, 0) is 5.41 Å². The van der Waals surface area contributed by atoms with Crippen molar-refractivity contribution in [2.45, 2.75) is 77.8 Å². The van der Waals surface area contributed by atoms with Gasteiger partial charge in [0, 0.05) is 17.8 Å². The van der Waals surface area contributed by atoms with Crippen LogP contribution < -0.4 is 5.63 Å². The highest BCUT2D eigenvalue weighted by Gasteiger charge is 2.25. The molecule has 0 unspecified atom stereocenters. The number of hydrogen-bond donors (Lipinski definition) is 2. The predicted octanol–water partition coefficient (Wildman–Crippen LogP) is 4.90. The van der Waals surface area contributed by atoms with Crippen LogP contribution in [0.4, 0.5) is 0 Å². The van der Waals surface area contributed by atoms with Gasteiger partial charge in [0.2, 0.25) is 0 Å². The zero-order chi connectivity index (χ0) is 22.8. The second-order valence-corrected chi connectivity index (χ2v) is 9.31. The molecule has 0 spiro atoms. The molecule has 6 heteroatoms. The summed E-state index contributed by atoms with van der Waals surface area (Å²) in [6.07, 6.45) is 5.55. The molecule has 1 aromatic heterocycles. The molecule has 1 aromatic carbocycles. The Labute approximate surface area is 183 Å². The molecule has 0 amide bonds. The third-order valence-electron chi connectivity index (χ3n) is 5.75. The first-order chi connectivity index (χ1) is 14.6. The van der Waals surface area contributed by atoms with Crippen LogP contribution in [0.15, 0.2) is 43.5 Å². The summed E-state index contributed by atoms with van der Waals surface area (Å²) in [6.45, 7) is 9.53. The first kappa shape index (κ1) is 22.8. The highest BCUT2D eigenvalue weighted by Crippen LogP contribution is 2.33. The maximum absolute atomic E-state index is 12.2. The molecule has 0 radical (unpaired) electrons. The van der Waals surface area contributed by atoms with Crippen LogP contribution in [-0.4, -0.2) is 34.2 Å². The average molecular weight is 425 g/mol. The Hall–Kier alpha value is -2.89. The van der Waals surface area contributed by atoms with Gasteiger partial charge >= 0.3 is 5.63 Å². The zero-order valence-electron chi connectivity index (χ0n) is 19.0. The van der Waals surface area contributed by atoms with E-state index in [1.165, 1.54) is 6.07 Å². The largest absolute Gasteiger partial charge is 0.507 e. The number of para-hydroxylation sites is 1. The summed E-state index contributed by atoms with van der Waals surface area (Å²) < 4.78 is 5.13. The first-order valence-electron chi connectivity index (χ1n) is 10.8. The van der Waals surface area contributed by atoms with Gasteiger partial charge in [-0.05, 0) is 43.7 Å². The molecule has 2 atom stereocenters. The van der Waals surface area contributed by atoms with E-state index in [4.69, 9.17) is 14.4 Å². The second kappa shape index (κ2) is 9.08. The molecule has 0 aliphatic heterocycles. The van der Waals surface area contributed by atoms with Crippen molar-refractivity contribution in [2.24, 2.45) is 9.98 Å². The summed E-state index contributed by atoms with van der Waals surface area (Å²) in [6, 6.07) is 7.00. The van der Waals surface area contributed by atoms with Crippen LogP contribution >= 0.6 is 0 Å². The number of rotatable bonds is 4. The standard InChI is InChI=1S/C25H32N2O4/c1-15-13-21(28)22(24(30)31-15)16(2)27-20-12-7-6-11-19(20)26-14-17-9-8-10-18(23(17)29)25(3,4)5/h8-10,13-14,19-20,28-29H,6-7,11-12H2,1-5H3/t19-,20-/m1/s1. The van der Waals surface area contributed by atoms with Crippen molar-refractivity contribution in [1.29, 1.82) is 0 Å². The number of nitrogens with zero attached hydrogens (tertiary/aromatic N) is 2. The molecule has 1 fully saturated rings. The maximum Gasteiger partial charge on any atom is 0.348 e. The quantitative estimate of drug-likeness (QED) is 0.683. The van der Waals surface area contributed by atoms with Crippen LogP contribution in [0.1, 0.15) is 75.8 Å². The van der Waals surface area contributed by atoms with Crippen molar-refractivity contribution >= 4 is 11.9 Å². The molecule has 0 saturated heterocycles. The fourth-order valence-electron chi connectivity index (χ4n) is 4.11. The zero-order valence-corrected chi connectivity index (χ0v) is 19.0. The molecule has 1 aliphatic carbocycles. The van der Waals surface area contributed by atoms with Crippen LogP contribution in [0.5, 0.6) is 11.5 Å². The first-order valence-corrected chi connectivity index (χ1v) is 10.8. The summed E-state index contributed by atoms with van der Waals surface area (Å²) in [4.78, 5) is 21.7. The Kier molecular flexibility index (Phi) is 6.68. The SMILES string of the molecule is CC(=N[C@@H]1CCCC[C@H]1N=Cc1cccc(C(C)(C)C)c1O)c1c(O)cc(C)oc1=O. The molecule has 1 saturated carbocycles. The van der Waals surface area contributed by atoms with Gasteiger partial charge in [0.15, 0.2) is 0 Å². The minimum absolute atomic E-state index is 0.0546. The number of aliphatic imine (C=N–C) groups is 2. The smallest absolute Gasteiger partial charge is 0.348 e. The minimum Gasteiger partial charge on any atom is -0.507 e. The lowest BCUT2D eigenvalue weighted by atomic mass is 9.85. The molecular weight excluding hydrogens is 392 g/mol. The van der Waals surface area contributed by atoms with Crippen molar-refractivity contribution in [3.8, 4) is 11.5 Å². The van der Waals surface area contributed by atoms with Crippen LogP contribution in [0.25, 0.3) is 0 Å². The Bertz CT molecular complexity index is 1060. The molecule has 0 bridgehead atoms. The number of benzene rings is 1. The summed E-state index contributed by atoms with van der Waals surface area (Å²) in [5.41, 5.74) is 1.38. The molecular formula is C25H32N2O4. The lowest BCUT2D eigenvalue weighted by Gasteiger charge is -2.26. The fraction of sp³-hybridized carbons (Fsp3) is 0.480. The van der Waals surface area contributed by atoms with E-state index in [9.17, 15) is 15.0 Å². The van der Waals surface area contributed by atoms with Gasteiger partial charge in [-0.3, -0.25) is 9.98 Å². The van der Waals surface area contributed by atoms with Gasteiger partial charge in [0.05, 0.1) is 17.8 Å². The van der Waals surface area contributed by atoms with Gasteiger partial charge in [0.1, 0.15) is 22.8 Å². The molecule has 1 aliphatic rings. The molecule has 6 nitrogen and oxygen atoms in total. The van der Waals surface area contributed by atoms with Gasteiger partial charge in [0.25, 0.3) is 0 Å². The number of aromatic hydroxyl groups is 2. The third-order valence-corrected chi connectivity index (χ3v) is 5.75. The van der Waals surface area contributed by atoms with Gasteiger partial charge < -0.3 is 14.6 Å². The van der Waals surface area contributed by atoms with E-state index in [1.54, 1.807) is 20.1 Å². The summed E-state index contributed by atoms with van der Waals surface area (Å²) in [5, 5.41) is 20.9. The topological polar surface area (TPSA) is 95.4 Å². The van der Waals surface area contributed by atoms with Gasteiger partial charge in [-0.25, -0.2) is 4.79 Å². The number of hydrogen-bond acceptors (Lipinski definition) is 6. The Balaban J connectivity index is 1.89. The highest BCUT2D eigenvalue weighted by molar-refractivity contribution is 6.00. The van der Waals surface area contributed by atoms with E-state index in [1.807, 2.05) is 18.2 Å². The monoisotopic (exact) mass is 424 g/mol. The van der Waals surface area contributed by atoms with Crippen molar-refractivity contribution in [3.05, 3.63) is 57.1 Å². The summed E-state index contributed by atoms with van der Waals surface area (Å²) >= 11 is 0. The van der Waals surface area contributed by atoms with Gasteiger partial charge in [-0.2, -0.15) is 0 Å². The van der Waals surface area contributed by atoms with Crippen molar-refractivity contribution in [3.63, 3.8) is 0 Å². The fourth-order valence-corrected chi connectivity index (χ4v) is 4.11. The molecule has 31 heavy (non-hydrogen) atoms. The summed E-state index contributed by atoms with van der Waals surface area (Å²) in [5.74, 6) is 0.499.